The second-order valence-electron chi connectivity index (χ2n) is 6.45. The summed E-state index contributed by atoms with van der Waals surface area (Å²) in [7, 11) is -2.09. The summed E-state index contributed by atoms with van der Waals surface area (Å²) in [5.41, 5.74) is 1.92. The Balaban J connectivity index is 3.41. The van der Waals surface area contributed by atoms with E-state index in [0.29, 0.717) is 0 Å². The van der Waals surface area contributed by atoms with Crippen molar-refractivity contribution in [3.8, 4) is 0 Å². The predicted octanol–water partition coefficient (Wildman–Crippen LogP) is 6.54. The fraction of sp³-hybridized carbons (Fsp3) is 0.895. The normalized spacial score (nSPS) is 14.0. The molecule has 0 aromatic carbocycles. The van der Waals surface area contributed by atoms with Crippen LogP contribution in [0.15, 0.2) is 12.3 Å². The van der Waals surface area contributed by atoms with Crippen molar-refractivity contribution < 1.29 is 8.85 Å². The van der Waals surface area contributed by atoms with Crippen LogP contribution in [0.2, 0.25) is 6.55 Å². The Hall–Kier alpha value is -0.123. The topological polar surface area (TPSA) is 18.5 Å². The number of hydrogen-bond donors (Lipinski definition) is 0. The van der Waals surface area contributed by atoms with Gasteiger partial charge in [-0.3, -0.25) is 0 Å². The molecular formula is C19H40O2Si. The molecule has 0 aromatic rings. The SMILES string of the molecule is C=C[Si](C)(OCCCC)OCCCCCCCCCCCC. The van der Waals surface area contributed by atoms with Crippen molar-refractivity contribution in [3.63, 3.8) is 0 Å². The molecule has 0 saturated carbocycles. The lowest BCUT2D eigenvalue weighted by Crippen LogP contribution is -2.37. The van der Waals surface area contributed by atoms with E-state index in [2.05, 4.69) is 27.0 Å². The summed E-state index contributed by atoms with van der Waals surface area (Å²) in [6.45, 7) is 12.1. The average molecular weight is 329 g/mol. The zero-order valence-corrected chi connectivity index (χ0v) is 16.5. The van der Waals surface area contributed by atoms with E-state index in [1.54, 1.807) is 0 Å². The summed E-state index contributed by atoms with van der Waals surface area (Å²) in [5, 5.41) is 0. The molecule has 0 fully saturated rings. The van der Waals surface area contributed by atoms with Crippen LogP contribution in [0.4, 0.5) is 0 Å². The number of hydrogen-bond acceptors (Lipinski definition) is 2. The molecule has 132 valence electrons. The fourth-order valence-corrected chi connectivity index (χ4v) is 3.86. The van der Waals surface area contributed by atoms with Crippen LogP contribution in [0.25, 0.3) is 0 Å². The summed E-state index contributed by atoms with van der Waals surface area (Å²) in [6.07, 6.45) is 15.9. The van der Waals surface area contributed by atoms with Gasteiger partial charge in [0.15, 0.2) is 0 Å². The maximum atomic E-state index is 6.00. The van der Waals surface area contributed by atoms with E-state index in [4.69, 9.17) is 8.85 Å². The third-order valence-corrected chi connectivity index (χ3v) is 6.44. The van der Waals surface area contributed by atoms with Crippen molar-refractivity contribution in [1.82, 2.24) is 0 Å². The van der Waals surface area contributed by atoms with Gasteiger partial charge in [0.1, 0.15) is 0 Å². The molecule has 0 aliphatic heterocycles. The van der Waals surface area contributed by atoms with Gasteiger partial charge in [-0.05, 0) is 25.1 Å². The van der Waals surface area contributed by atoms with E-state index in [0.717, 1.165) is 26.1 Å². The van der Waals surface area contributed by atoms with E-state index >= 15 is 0 Å². The minimum atomic E-state index is -2.09. The van der Waals surface area contributed by atoms with E-state index in [9.17, 15) is 0 Å². The first-order chi connectivity index (χ1) is 10.7. The van der Waals surface area contributed by atoms with E-state index in [-0.39, 0.29) is 0 Å². The zero-order chi connectivity index (χ0) is 16.5. The second-order valence-corrected chi connectivity index (χ2v) is 9.47. The molecule has 0 aliphatic rings. The van der Waals surface area contributed by atoms with Crippen molar-refractivity contribution >= 4 is 8.56 Å². The molecule has 0 radical (unpaired) electrons. The molecule has 0 saturated heterocycles. The Morgan fingerprint density at radius 3 is 1.55 bits per heavy atom. The number of rotatable bonds is 17. The Bertz CT molecular complexity index is 246. The average Bonchev–Trinajstić information content (AvgIpc) is 2.53. The van der Waals surface area contributed by atoms with E-state index < -0.39 is 8.56 Å². The maximum Gasteiger partial charge on any atom is 0.361 e. The van der Waals surface area contributed by atoms with Crippen LogP contribution in [0, 0.1) is 0 Å². The lowest BCUT2D eigenvalue weighted by Gasteiger charge is -2.23. The predicted molar refractivity (Wildman–Crippen MR) is 100 cm³/mol. The lowest BCUT2D eigenvalue weighted by atomic mass is 10.1. The lowest BCUT2D eigenvalue weighted by molar-refractivity contribution is 0.178. The summed E-state index contributed by atoms with van der Waals surface area (Å²) in [6, 6.07) is 0. The molecule has 1 unspecified atom stereocenters. The van der Waals surface area contributed by atoms with Crippen LogP contribution in [-0.4, -0.2) is 21.8 Å². The highest BCUT2D eigenvalue weighted by Gasteiger charge is 2.26. The van der Waals surface area contributed by atoms with Crippen molar-refractivity contribution in [3.05, 3.63) is 12.3 Å². The van der Waals surface area contributed by atoms with Gasteiger partial charge in [0.25, 0.3) is 0 Å². The minimum Gasteiger partial charge on any atom is -0.391 e. The van der Waals surface area contributed by atoms with Crippen LogP contribution in [0.1, 0.15) is 90.9 Å². The van der Waals surface area contributed by atoms with Gasteiger partial charge >= 0.3 is 8.56 Å². The van der Waals surface area contributed by atoms with Crippen molar-refractivity contribution in [1.29, 1.82) is 0 Å². The molecule has 0 bridgehead atoms. The van der Waals surface area contributed by atoms with Gasteiger partial charge in [0.2, 0.25) is 0 Å². The van der Waals surface area contributed by atoms with Crippen molar-refractivity contribution in [2.45, 2.75) is 97.4 Å². The quantitative estimate of drug-likeness (QED) is 0.223. The summed E-state index contributed by atoms with van der Waals surface area (Å²) >= 11 is 0. The monoisotopic (exact) mass is 328 g/mol. The van der Waals surface area contributed by atoms with Crippen LogP contribution in [0.3, 0.4) is 0 Å². The van der Waals surface area contributed by atoms with Crippen molar-refractivity contribution in [2.24, 2.45) is 0 Å². The third kappa shape index (κ3) is 13.5. The first kappa shape index (κ1) is 21.9. The van der Waals surface area contributed by atoms with Gasteiger partial charge < -0.3 is 8.85 Å². The largest absolute Gasteiger partial charge is 0.391 e. The third-order valence-electron chi connectivity index (χ3n) is 4.14. The molecule has 0 spiro atoms. The summed E-state index contributed by atoms with van der Waals surface area (Å²) in [4.78, 5) is 0. The van der Waals surface area contributed by atoms with Gasteiger partial charge in [-0.2, -0.15) is 0 Å². The summed E-state index contributed by atoms with van der Waals surface area (Å²) < 4.78 is 11.9. The molecule has 0 aliphatic carbocycles. The zero-order valence-electron chi connectivity index (χ0n) is 15.5. The van der Waals surface area contributed by atoms with Gasteiger partial charge in [-0.25, -0.2) is 0 Å². The van der Waals surface area contributed by atoms with E-state index in [1.807, 2.05) is 5.70 Å². The molecule has 0 heterocycles. The Morgan fingerprint density at radius 1 is 0.682 bits per heavy atom. The van der Waals surface area contributed by atoms with Crippen LogP contribution >= 0.6 is 0 Å². The molecule has 1 atom stereocenters. The highest BCUT2D eigenvalue weighted by molar-refractivity contribution is 6.71. The second kappa shape index (κ2) is 15.8. The summed E-state index contributed by atoms with van der Waals surface area (Å²) in [5.74, 6) is 0. The first-order valence-electron chi connectivity index (χ1n) is 9.60. The van der Waals surface area contributed by atoms with E-state index in [1.165, 1.54) is 64.2 Å². The molecule has 0 rings (SSSR count). The molecular weight excluding hydrogens is 288 g/mol. The van der Waals surface area contributed by atoms with Crippen LogP contribution in [0.5, 0.6) is 0 Å². The Labute approximate surface area is 140 Å². The molecule has 0 N–H and O–H groups in total. The molecule has 2 nitrogen and oxygen atoms in total. The van der Waals surface area contributed by atoms with Gasteiger partial charge in [0.05, 0.1) is 0 Å². The molecule has 0 amide bonds. The van der Waals surface area contributed by atoms with Crippen LogP contribution in [-0.2, 0) is 8.85 Å². The highest BCUT2D eigenvalue weighted by Crippen LogP contribution is 2.13. The minimum absolute atomic E-state index is 0.809. The fourth-order valence-electron chi connectivity index (χ4n) is 2.44. The maximum absolute atomic E-state index is 6.00. The first-order valence-corrected chi connectivity index (χ1v) is 12.0. The van der Waals surface area contributed by atoms with Crippen LogP contribution < -0.4 is 0 Å². The molecule has 22 heavy (non-hydrogen) atoms. The Morgan fingerprint density at radius 2 is 1.09 bits per heavy atom. The highest BCUT2D eigenvalue weighted by atomic mass is 28.4. The smallest absolute Gasteiger partial charge is 0.361 e. The molecule has 3 heteroatoms. The van der Waals surface area contributed by atoms with Gasteiger partial charge in [0, 0.05) is 13.2 Å². The number of unbranched alkanes of at least 4 members (excludes halogenated alkanes) is 10. The van der Waals surface area contributed by atoms with Crippen molar-refractivity contribution in [2.75, 3.05) is 13.2 Å². The van der Waals surface area contributed by atoms with Gasteiger partial charge in [-0.1, -0.05) is 78.1 Å². The van der Waals surface area contributed by atoms with Gasteiger partial charge in [-0.15, -0.1) is 6.58 Å². The molecule has 0 aromatic heterocycles. The Kier molecular flexibility index (Phi) is 15.7. The standard InChI is InChI=1S/C19H40O2Si/c1-5-8-10-11-12-13-14-15-16-17-19-21-22(4,7-3)20-18-9-6-2/h7H,3,5-6,8-19H2,1-2,4H3.